The third-order valence-electron chi connectivity index (χ3n) is 7.11. The Kier molecular flexibility index (Phi) is 8.40. The summed E-state index contributed by atoms with van der Waals surface area (Å²) >= 11 is 12.0. The van der Waals surface area contributed by atoms with E-state index < -0.39 is 15.9 Å². The Morgan fingerprint density at radius 2 is 1.65 bits per heavy atom. The maximum absolute atomic E-state index is 13.3. The maximum Gasteiger partial charge on any atom is 0.268 e. The predicted octanol–water partition coefficient (Wildman–Crippen LogP) is 6.34. The summed E-state index contributed by atoms with van der Waals surface area (Å²) in [5.74, 6) is -0.272. The number of nitrogens with zero attached hydrogens (tertiary/aromatic N) is 3. The number of sulfonamides is 1. The third-order valence-corrected chi connectivity index (χ3v) is 8.96. The van der Waals surface area contributed by atoms with Gasteiger partial charge in [0.1, 0.15) is 0 Å². The molecule has 1 aliphatic heterocycles. The summed E-state index contributed by atoms with van der Waals surface area (Å²) in [6, 6.07) is 21.5. The van der Waals surface area contributed by atoms with E-state index in [9.17, 15) is 13.2 Å². The lowest BCUT2D eigenvalue weighted by Gasteiger charge is -2.26. The van der Waals surface area contributed by atoms with Gasteiger partial charge in [0.05, 0.1) is 22.2 Å². The van der Waals surface area contributed by atoms with Crippen LogP contribution in [0.3, 0.4) is 0 Å². The van der Waals surface area contributed by atoms with Crippen molar-refractivity contribution in [3.05, 3.63) is 117 Å². The molecule has 40 heavy (non-hydrogen) atoms. The summed E-state index contributed by atoms with van der Waals surface area (Å²) in [7, 11) is -4.12. The molecule has 1 aliphatic rings. The molecule has 0 spiro atoms. The van der Waals surface area contributed by atoms with Crippen molar-refractivity contribution in [1.82, 2.24) is 14.7 Å². The van der Waals surface area contributed by atoms with E-state index in [0.29, 0.717) is 34.5 Å². The minimum atomic E-state index is -4.12. The highest BCUT2D eigenvalue weighted by molar-refractivity contribution is 7.90. The number of benzene rings is 3. The van der Waals surface area contributed by atoms with Gasteiger partial charge in [-0.1, -0.05) is 59.6 Å². The van der Waals surface area contributed by atoms with E-state index in [1.165, 1.54) is 30.5 Å². The van der Waals surface area contributed by atoms with Crippen LogP contribution in [-0.2, 0) is 22.9 Å². The van der Waals surface area contributed by atoms with Gasteiger partial charge in [-0.3, -0.25) is 4.79 Å². The Bertz CT molecular complexity index is 1630. The molecule has 0 saturated carbocycles. The highest BCUT2D eigenvalue weighted by Gasteiger charge is 2.30. The summed E-state index contributed by atoms with van der Waals surface area (Å²) in [5.41, 5.74) is 3.98. The molecule has 7 nitrogen and oxygen atoms in total. The molecule has 2 heterocycles. The van der Waals surface area contributed by atoms with Gasteiger partial charge in [0.2, 0.25) is 5.95 Å². The normalized spacial score (nSPS) is 15.3. The topological polar surface area (TPSA) is 92.3 Å². The number of halogens is 2. The Morgan fingerprint density at radius 3 is 2.35 bits per heavy atom. The van der Waals surface area contributed by atoms with Crippen molar-refractivity contribution in [1.29, 1.82) is 0 Å². The smallest absolute Gasteiger partial charge is 0.268 e. The second-order valence-corrected chi connectivity index (χ2v) is 12.3. The van der Waals surface area contributed by atoms with Crippen LogP contribution in [0.1, 0.15) is 51.6 Å². The number of nitrogens with one attached hydrogen (secondary N) is 1. The van der Waals surface area contributed by atoms with Gasteiger partial charge in [-0.25, -0.2) is 23.1 Å². The first kappa shape index (κ1) is 28.1. The van der Waals surface area contributed by atoms with Crippen LogP contribution in [0.4, 0.5) is 5.95 Å². The lowest BCUT2D eigenvalue weighted by atomic mass is 10.0. The van der Waals surface area contributed by atoms with E-state index in [-0.39, 0.29) is 16.5 Å². The molecule has 1 atom stereocenters. The second kappa shape index (κ2) is 12.0. The number of aryl methyl sites for hydroxylation is 3. The van der Waals surface area contributed by atoms with Gasteiger partial charge in [0, 0.05) is 22.8 Å². The molecule has 3 aromatic carbocycles. The number of anilines is 1. The average Bonchev–Trinajstić information content (AvgIpc) is 3.43. The molecule has 5 rings (SSSR count). The number of rotatable bonds is 8. The van der Waals surface area contributed by atoms with Gasteiger partial charge >= 0.3 is 0 Å². The summed E-state index contributed by atoms with van der Waals surface area (Å²) < 4.78 is 28.0. The van der Waals surface area contributed by atoms with Gasteiger partial charge < -0.3 is 4.90 Å². The fourth-order valence-corrected chi connectivity index (χ4v) is 6.17. The summed E-state index contributed by atoms with van der Waals surface area (Å²) in [5, 5.41) is 1.07. The lowest BCUT2D eigenvalue weighted by Crippen LogP contribution is -2.32. The minimum absolute atomic E-state index is 0.0629. The molecule has 4 aromatic rings. The van der Waals surface area contributed by atoms with E-state index in [4.69, 9.17) is 28.2 Å². The molecule has 1 aromatic heterocycles. The Morgan fingerprint density at radius 1 is 0.975 bits per heavy atom. The lowest BCUT2D eigenvalue weighted by molar-refractivity contribution is 0.0979. The molecule has 0 bridgehead atoms. The van der Waals surface area contributed by atoms with Crippen molar-refractivity contribution in [2.45, 2.75) is 43.5 Å². The van der Waals surface area contributed by atoms with Crippen molar-refractivity contribution < 1.29 is 13.2 Å². The van der Waals surface area contributed by atoms with Gasteiger partial charge in [-0.05, 0) is 85.7 Å². The molecule has 1 fully saturated rings. The zero-order valence-corrected chi connectivity index (χ0v) is 24.2. The Balaban J connectivity index is 1.46. The maximum atomic E-state index is 13.3. The molecule has 1 amide bonds. The van der Waals surface area contributed by atoms with E-state index in [2.05, 4.69) is 14.6 Å². The largest absolute Gasteiger partial charge is 0.334 e. The van der Waals surface area contributed by atoms with Gasteiger partial charge in [-0.15, -0.1) is 0 Å². The minimum Gasteiger partial charge on any atom is -0.334 e. The van der Waals surface area contributed by atoms with E-state index in [1.807, 2.05) is 55.5 Å². The molecule has 1 unspecified atom stereocenters. The van der Waals surface area contributed by atoms with E-state index in [0.717, 1.165) is 36.1 Å². The molecular weight excluding hydrogens is 567 g/mol. The molecular formula is C30H28Cl2N4O3S. The Hall–Kier alpha value is -3.46. The fourth-order valence-electron chi connectivity index (χ4n) is 4.96. The first-order chi connectivity index (χ1) is 19.2. The van der Waals surface area contributed by atoms with E-state index >= 15 is 0 Å². The zero-order chi connectivity index (χ0) is 28.3. The molecule has 206 valence electrons. The zero-order valence-electron chi connectivity index (χ0n) is 21.8. The highest BCUT2D eigenvalue weighted by Crippen LogP contribution is 2.35. The first-order valence-electron chi connectivity index (χ1n) is 13.0. The monoisotopic (exact) mass is 594 g/mol. The van der Waals surface area contributed by atoms with Crippen LogP contribution in [-0.4, -0.2) is 30.8 Å². The highest BCUT2D eigenvalue weighted by atomic mass is 35.5. The van der Waals surface area contributed by atoms with Crippen LogP contribution < -0.4 is 9.62 Å². The number of carbonyl (C=O) groups excluding carboxylic acids is 1. The fraction of sp³-hybridized carbons (Fsp3) is 0.233. The van der Waals surface area contributed by atoms with Gasteiger partial charge in [0.25, 0.3) is 15.9 Å². The van der Waals surface area contributed by atoms with Gasteiger partial charge in [-0.2, -0.15) is 0 Å². The van der Waals surface area contributed by atoms with Crippen LogP contribution in [0.25, 0.3) is 0 Å². The molecule has 0 radical (unpaired) electrons. The molecule has 0 aliphatic carbocycles. The molecule has 10 heteroatoms. The van der Waals surface area contributed by atoms with Crippen molar-refractivity contribution in [3.8, 4) is 0 Å². The number of hydrogen-bond donors (Lipinski definition) is 1. The number of carbonyl (C=O) groups is 1. The van der Waals surface area contributed by atoms with Crippen molar-refractivity contribution in [3.63, 3.8) is 0 Å². The van der Waals surface area contributed by atoms with Crippen LogP contribution in [0.5, 0.6) is 0 Å². The Labute approximate surface area is 244 Å². The molecule has 1 N–H and O–H groups in total. The molecule has 1 saturated heterocycles. The summed E-state index contributed by atoms with van der Waals surface area (Å²) in [6.45, 7) is 2.80. The van der Waals surface area contributed by atoms with Crippen molar-refractivity contribution >= 4 is 45.1 Å². The first-order valence-corrected chi connectivity index (χ1v) is 15.2. The summed E-state index contributed by atoms with van der Waals surface area (Å²) in [6.07, 6.45) is 4.40. The van der Waals surface area contributed by atoms with Crippen molar-refractivity contribution in [2.24, 2.45) is 0 Å². The number of aromatic nitrogens is 2. The van der Waals surface area contributed by atoms with Crippen LogP contribution in [0.2, 0.25) is 10.0 Å². The van der Waals surface area contributed by atoms with Crippen molar-refractivity contribution in [2.75, 3.05) is 11.4 Å². The third kappa shape index (κ3) is 6.30. The quantitative estimate of drug-likeness (QED) is 0.256. The van der Waals surface area contributed by atoms with Crippen LogP contribution in [0, 0.1) is 6.92 Å². The predicted molar refractivity (Wildman–Crippen MR) is 157 cm³/mol. The second-order valence-electron chi connectivity index (χ2n) is 9.75. The van der Waals surface area contributed by atoms with Crippen LogP contribution in [0.15, 0.2) is 83.9 Å². The number of amides is 1. The van der Waals surface area contributed by atoms with Crippen LogP contribution >= 0.6 is 23.2 Å². The standard InChI is InChI=1S/C30H28Cl2N4O3S/c1-20-5-2-3-6-21(20)10-17-27-26(29(37)35-40(38,39)25-15-13-24(32)14-16-25)19-33-30(34-27)36-18-4-7-28(36)22-8-11-23(31)12-9-22/h2-3,5-6,8-9,11-16,19,28H,4,7,10,17-18H2,1H3,(H,35,37). The van der Waals surface area contributed by atoms with Gasteiger partial charge in [0.15, 0.2) is 0 Å². The SMILES string of the molecule is Cc1ccccc1CCc1nc(N2CCCC2c2ccc(Cl)cc2)ncc1C(=O)NS(=O)(=O)c1ccc(Cl)cc1. The van der Waals surface area contributed by atoms with E-state index in [1.54, 1.807) is 0 Å². The summed E-state index contributed by atoms with van der Waals surface area (Å²) in [4.78, 5) is 24.8. The number of hydrogen-bond acceptors (Lipinski definition) is 6. The average molecular weight is 596 g/mol.